The predicted octanol–water partition coefficient (Wildman–Crippen LogP) is 3.39. The molecule has 2 heterocycles. The Morgan fingerprint density at radius 2 is 1.95 bits per heavy atom. The molecular formula is C17H21NO2S. The first-order chi connectivity index (χ1) is 10.3. The van der Waals surface area contributed by atoms with Gasteiger partial charge in [-0.1, -0.05) is 18.2 Å². The van der Waals surface area contributed by atoms with E-state index in [0.717, 1.165) is 31.3 Å². The van der Waals surface area contributed by atoms with Gasteiger partial charge in [-0.3, -0.25) is 4.90 Å². The molecule has 1 atom stereocenters. The van der Waals surface area contributed by atoms with Gasteiger partial charge >= 0.3 is 0 Å². The first-order valence-corrected chi connectivity index (χ1v) is 8.40. The third kappa shape index (κ3) is 4.13. The molecule has 1 N–H and O–H groups in total. The van der Waals surface area contributed by atoms with Crippen molar-refractivity contribution < 1.29 is 9.52 Å². The smallest absolute Gasteiger partial charge is 0.129 e. The maximum absolute atomic E-state index is 9.02. The van der Waals surface area contributed by atoms with E-state index in [0.29, 0.717) is 5.76 Å². The average Bonchev–Trinajstić information content (AvgIpc) is 3.16. The van der Waals surface area contributed by atoms with Gasteiger partial charge in [-0.25, -0.2) is 0 Å². The van der Waals surface area contributed by atoms with Gasteiger partial charge in [-0.05, 0) is 43.1 Å². The number of furan rings is 1. The van der Waals surface area contributed by atoms with Crippen molar-refractivity contribution in [2.75, 3.05) is 18.8 Å². The molecule has 0 aliphatic carbocycles. The minimum Gasteiger partial charge on any atom is -0.462 e. The molecule has 3 rings (SSSR count). The van der Waals surface area contributed by atoms with Gasteiger partial charge in [-0.15, -0.1) is 11.8 Å². The van der Waals surface area contributed by atoms with Crippen LogP contribution in [-0.2, 0) is 13.2 Å². The van der Waals surface area contributed by atoms with Crippen LogP contribution in [0.4, 0.5) is 0 Å². The Morgan fingerprint density at radius 1 is 1.14 bits per heavy atom. The Morgan fingerprint density at radius 3 is 2.71 bits per heavy atom. The highest BCUT2D eigenvalue weighted by molar-refractivity contribution is 7.99. The summed E-state index contributed by atoms with van der Waals surface area (Å²) in [5.41, 5.74) is 0. The zero-order chi connectivity index (χ0) is 14.5. The topological polar surface area (TPSA) is 36.6 Å². The molecule has 0 unspecified atom stereocenters. The van der Waals surface area contributed by atoms with Crippen LogP contribution in [0.1, 0.15) is 17.9 Å². The molecule has 0 spiro atoms. The molecule has 4 heteroatoms. The first-order valence-electron chi connectivity index (χ1n) is 7.42. The number of aliphatic hydroxyl groups is 1. The maximum Gasteiger partial charge on any atom is 0.129 e. The number of likely N-dealkylation sites (tertiary alicyclic amines) is 1. The first kappa shape index (κ1) is 14.7. The van der Waals surface area contributed by atoms with Crippen LogP contribution in [0.15, 0.2) is 51.8 Å². The summed E-state index contributed by atoms with van der Waals surface area (Å²) >= 11 is 1.95. The third-order valence-electron chi connectivity index (χ3n) is 3.85. The molecular weight excluding hydrogens is 282 g/mol. The lowest BCUT2D eigenvalue weighted by atomic mass is 10.2. The second kappa shape index (κ2) is 7.16. The number of nitrogens with zero attached hydrogens (tertiary/aromatic N) is 1. The largest absolute Gasteiger partial charge is 0.462 e. The normalized spacial score (nSPS) is 19.2. The van der Waals surface area contributed by atoms with Gasteiger partial charge in [0.2, 0.25) is 0 Å². The van der Waals surface area contributed by atoms with Crippen molar-refractivity contribution in [2.45, 2.75) is 24.5 Å². The van der Waals surface area contributed by atoms with Crippen LogP contribution in [-0.4, -0.2) is 28.8 Å². The standard InChI is InChI=1S/C17H21NO2S/c19-12-16-7-6-15(20-16)11-18-9-8-14(10-18)13-21-17-4-2-1-3-5-17/h1-7,14,19H,8-13H2/t14-/m0/s1. The quantitative estimate of drug-likeness (QED) is 0.830. The highest BCUT2D eigenvalue weighted by atomic mass is 32.2. The van der Waals surface area contributed by atoms with E-state index in [1.165, 1.54) is 17.1 Å². The van der Waals surface area contributed by atoms with Crippen molar-refractivity contribution in [1.29, 1.82) is 0 Å². The Bertz CT molecular complexity index is 555. The highest BCUT2D eigenvalue weighted by Gasteiger charge is 2.23. The molecule has 21 heavy (non-hydrogen) atoms. The average molecular weight is 303 g/mol. The number of benzene rings is 1. The van der Waals surface area contributed by atoms with Gasteiger partial charge in [0.05, 0.1) is 6.54 Å². The van der Waals surface area contributed by atoms with E-state index in [4.69, 9.17) is 9.52 Å². The Hall–Kier alpha value is -1.23. The van der Waals surface area contributed by atoms with E-state index >= 15 is 0 Å². The lowest BCUT2D eigenvalue weighted by Gasteiger charge is -2.14. The number of thioether (sulfide) groups is 1. The molecule has 1 aromatic carbocycles. The Balaban J connectivity index is 1.44. The van der Waals surface area contributed by atoms with E-state index < -0.39 is 0 Å². The second-order valence-electron chi connectivity index (χ2n) is 5.54. The van der Waals surface area contributed by atoms with Crippen LogP contribution in [0.25, 0.3) is 0 Å². The summed E-state index contributed by atoms with van der Waals surface area (Å²) < 4.78 is 5.56. The molecule has 2 aromatic rings. The lowest BCUT2D eigenvalue weighted by Crippen LogP contribution is -2.20. The van der Waals surface area contributed by atoms with Crippen molar-refractivity contribution >= 4 is 11.8 Å². The molecule has 0 radical (unpaired) electrons. The van der Waals surface area contributed by atoms with Crippen molar-refractivity contribution in [2.24, 2.45) is 5.92 Å². The van der Waals surface area contributed by atoms with Crippen LogP contribution in [0, 0.1) is 5.92 Å². The van der Waals surface area contributed by atoms with Crippen LogP contribution in [0.2, 0.25) is 0 Å². The summed E-state index contributed by atoms with van der Waals surface area (Å²) in [4.78, 5) is 3.80. The number of hydrogen-bond donors (Lipinski definition) is 1. The highest BCUT2D eigenvalue weighted by Crippen LogP contribution is 2.26. The Labute approximate surface area is 130 Å². The van der Waals surface area contributed by atoms with Gasteiger partial charge in [0.25, 0.3) is 0 Å². The number of rotatable bonds is 6. The fourth-order valence-electron chi connectivity index (χ4n) is 2.74. The van der Waals surface area contributed by atoms with E-state index in [1.807, 2.05) is 23.9 Å². The maximum atomic E-state index is 9.02. The zero-order valence-corrected chi connectivity index (χ0v) is 12.9. The minimum absolute atomic E-state index is 0.0175. The van der Waals surface area contributed by atoms with E-state index in [9.17, 15) is 0 Å². The molecule has 1 saturated heterocycles. The summed E-state index contributed by atoms with van der Waals surface area (Å²) in [6, 6.07) is 14.4. The summed E-state index contributed by atoms with van der Waals surface area (Å²) in [5, 5.41) is 9.02. The molecule has 0 bridgehead atoms. The summed E-state index contributed by atoms with van der Waals surface area (Å²) in [6.07, 6.45) is 1.26. The molecule has 112 valence electrons. The van der Waals surface area contributed by atoms with Crippen LogP contribution in [0.5, 0.6) is 0 Å². The van der Waals surface area contributed by atoms with Crippen molar-refractivity contribution in [3.63, 3.8) is 0 Å². The third-order valence-corrected chi connectivity index (χ3v) is 5.10. The Kier molecular flexibility index (Phi) is 5.01. The van der Waals surface area contributed by atoms with Gasteiger partial charge in [0.15, 0.2) is 0 Å². The molecule has 0 saturated carbocycles. The van der Waals surface area contributed by atoms with Gasteiger partial charge in [-0.2, -0.15) is 0 Å². The van der Waals surface area contributed by atoms with Crippen LogP contribution >= 0.6 is 11.8 Å². The molecule has 1 fully saturated rings. The van der Waals surface area contributed by atoms with Crippen molar-refractivity contribution in [3.05, 3.63) is 54.0 Å². The fourth-order valence-corrected chi connectivity index (χ4v) is 3.79. The lowest BCUT2D eigenvalue weighted by molar-refractivity contribution is 0.231. The fraction of sp³-hybridized carbons (Fsp3) is 0.412. The van der Waals surface area contributed by atoms with Crippen LogP contribution < -0.4 is 0 Å². The number of hydrogen-bond acceptors (Lipinski definition) is 4. The van der Waals surface area contributed by atoms with E-state index in [-0.39, 0.29) is 6.61 Å². The van der Waals surface area contributed by atoms with Crippen molar-refractivity contribution in [1.82, 2.24) is 4.90 Å². The van der Waals surface area contributed by atoms with Crippen LogP contribution in [0.3, 0.4) is 0 Å². The molecule has 1 aliphatic heterocycles. The molecule has 1 aliphatic rings. The zero-order valence-electron chi connectivity index (χ0n) is 12.1. The van der Waals surface area contributed by atoms with E-state index in [2.05, 4.69) is 35.2 Å². The van der Waals surface area contributed by atoms with Gasteiger partial charge in [0, 0.05) is 17.2 Å². The minimum atomic E-state index is -0.0175. The second-order valence-corrected chi connectivity index (χ2v) is 6.63. The monoisotopic (exact) mass is 303 g/mol. The van der Waals surface area contributed by atoms with Gasteiger partial charge < -0.3 is 9.52 Å². The summed E-state index contributed by atoms with van der Waals surface area (Å²) in [6.45, 7) is 3.10. The molecule has 3 nitrogen and oxygen atoms in total. The number of aliphatic hydroxyl groups excluding tert-OH is 1. The summed E-state index contributed by atoms with van der Waals surface area (Å²) in [7, 11) is 0. The van der Waals surface area contributed by atoms with Crippen molar-refractivity contribution in [3.8, 4) is 0 Å². The molecule has 1 aromatic heterocycles. The van der Waals surface area contributed by atoms with E-state index in [1.54, 1.807) is 0 Å². The SMILES string of the molecule is OCc1ccc(CN2CC[C@H](CSc3ccccc3)C2)o1. The summed E-state index contributed by atoms with van der Waals surface area (Å²) in [5.74, 6) is 3.54. The predicted molar refractivity (Wildman–Crippen MR) is 85.2 cm³/mol. The van der Waals surface area contributed by atoms with Gasteiger partial charge in [0.1, 0.15) is 18.1 Å². The molecule has 0 amide bonds.